The minimum atomic E-state index is -3.94. The van der Waals surface area contributed by atoms with E-state index in [1.165, 1.54) is 28.9 Å². The number of aromatic nitrogens is 3. The van der Waals surface area contributed by atoms with Gasteiger partial charge in [0.15, 0.2) is 0 Å². The second kappa shape index (κ2) is 11.2. The molecule has 0 unspecified atom stereocenters. The Morgan fingerprint density at radius 1 is 1.03 bits per heavy atom. The Hall–Kier alpha value is -2.56. The van der Waals surface area contributed by atoms with Gasteiger partial charge >= 0.3 is 0 Å². The van der Waals surface area contributed by atoms with Gasteiger partial charge in [0, 0.05) is 20.4 Å². The first-order valence-electron chi connectivity index (χ1n) is 12.2. The van der Waals surface area contributed by atoms with E-state index in [0.717, 1.165) is 17.2 Å². The summed E-state index contributed by atoms with van der Waals surface area (Å²) in [6.07, 6.45) is 0. The molecule has 0 amide bonds. The van der Waals surface area contributed by atoms with Crippen molar-refractivity contribution < 1.29 is 17.5 Å². The second-order valence-electron chi connectivity index (χ2n) is 10.8. The summed E-state index contributed by atoms with van der Waals surface area (Å²) in [5.74, 6) is -0.0282. The van der Waals surface area contributed by atoms with E-state index < -0.39 is 17.9 Å². The van der Waals surface area contributed by atoms with E-state index in [0.29, 0.717) is 12.3 Å². The molecule has 3 rings (SSSR count). The van der Waals surface area contributed by atoms with Gasteiger partial charge in [0.25, 0.3) is 5.16 Å². The van der Waals surface area contributed by atoms with Crippen LogP contribution in [0.3, 0.4) is 0 Å². The molecule has 36 heavy (non-hydrogen) atoms. The van der Waals surface area contributed by atoms with Crippen molar-refractivity contribution in [1.29, 1.82) is 0 Å². The first kappa shape index (κ1) is 28.0. The predicted octanol–water partition coefficient (Wildman–Crippen LogP) is 6.55. The van der Waals surface area contributed by atoms with Crippen LogP contribution in [0, 0.1) is 5.82 Å². The SMILES string of the molecule is CC(C)c1cc(F)cc(C(C)C)c1Nc1nc(S(=O)(=O)c2ccccc2)nn1COCC[Si](C)(C)C. The van der Waals surface area contributed by atoms with Crippen molar-refractivity contribution in [2.24, 2.45) is 0 Å². The standard InChI is InChI=1S/C26H37FN4O3SSi/c1-18(2)22-15-20(27)16-23(19(3)4)24(22)28-25-29-26(35(32,33)21-11-9-8-10-12-21)30-31(25)17-34-13-14-36(5,6)7/h8-12,15-16,18-19H,13-14,17H2,1-7H3,(H,28,29,30). The monoisotopic (exact) mass is 532 g/mol. The van der Waals surface area contributed by atoms with Gasteiger partial charge in [-0.3, -0.25) is 0 Å². The van der Waals surface area contributed by atoms with E-state index >= 15 is 0 Å². The molecule has 1 N–H and O–H groups in total. The molecule has 0 aliphatic heterocycles. The van der Waals surface area contributed by atoms with E-state index in [2.05, 4.69) is 35.0 Å². The number of hydrogen-bond donors (Lipinski definition) is 1. The highest BCUT2D eigenvalue weighted by atomic mass is 32.2. The lowest BCUT2D eigenvalue weighted by atomic mass is 9.92. The first-order valence-corrected chi connectivity index (χ1v) is 17.4. The number of ether oxygens (including phenoxy) is 1. The van der Waals surface area contributed by atoms with Crippen LogP contribution in [-0.2, 0) is 21.3 Å². The molecule has 0 spiro atoms. The van der Waals surface area contributed by atoms with Crippen molar-refractivity contribution in [2.45, 2.75) is 82.0 Å². The molecule has 0 atom stereocenters. The summed E-state index contributed by atoms with van der Waals surface area (Å²) in [5, 5.41) is 7.29. The quantitative estimate of drug-likeness (QED) is 0.223. The van der Waals surface area contributed by atoms with Gasteiger partial charge in [-0.1, -0.05) is 65.5 Å². The zero-order valence-electron chi connectivity index (χ0n) is 22.2. The molecule has 2 aromatic carbocycles. The van der Waals surface area contributed by atoms with Gasteiger partial charge in [0.2, 0.25) is 15.8 Å². The number of rotatable bonds is 11. The van der Waals surface area contributed by atoms with Crippen LogP contribution in [0.25, 0.3) is 0 Å². The summed E-state index contributed by atoms with van der Waals surface area (Å²) in [4.78, 5) is 4.50. The topological polar surface area (TPSA) is 86.1 Å². The summed E-state index contributed by atoms with van der Waals surface area (Å²) in [6, 6.07) is 12.1. The number of hydrogen-bond acceptors (Lipinski definition) is 6. The zero-order valence-corrected chi connectivity index (χ0v) is 24.0. The highest BCUT2D eigenvalue weighted by Gasteiger charge is 2.26. The Kier molecular flexibility index (Phi) is 8.74. The molecule has 7 nitrogen and oxygen atoms in total. The van der Waals surface area contributed by atoms with Gasteiger partial charge in [0.05, 0.1) is 4.90 Å². The Morgan fingerprint density at radius 3 is 2.14 bits per heavy atom. The molecule has 0 radical (unpaired) electrons. The van der Waals surface area contributed by atoms with Crippen molar-refractivity contribution in [3.63, 3.8) is 0 Å². The molecule has 3 aromatic rings. The van der Waals surface area contributed by atoms with E-state index in [-0.39, 0.29) is 40.4 Å². The smallest absolute Gasteiger partial charge is 0.273 e. The Balaban J connectivity index is 2.06. The summed E-state index contributed by atoms with van der Waals surface area (Å²) >= 11 is 0. The molecular weight excluding hydrogens is 495 g/mol. The minimum absolute atomic E-state index is 0.0255. The summed E-state index contributed by atoms with van der Waals surface area (Å²) in [7, 11) is -5.24. The third-order valence-electron chi connectivity index (χ3n) is 5.80. The van der Waals surface area contributed by atoms with Crippen LogP contribution in [0.1, 0.15) is 50.7 Å². The van der Waals surface area contributed by atoms with Crippen molar-refractivity contribution in [3.8, 4) is 0 Å². The average Bonchev–Trinajstić information content (AvgIpc) is 3.20. The van der Waals surface area contributed by atoms with Gasteiger partial charge in [-0.2, -0.15) is 4.98 Å². The van der Waals surface area contributed by atoms with Gasteiger partial charge in [-0.15, -0.1) is 5.10 Å². The molecule has 0 aliphatic carbocycles. The molecule has 1 aromatic heterocycles. The van der Waals surface area contributed by atoms with E-state index in [1.807, 2.05) is 27.7 Å². The van der Waals surface area contributed by atoms with Crippen molar-refractivity contribution >= 4 is 29.5 Å². The summed E-state index contributed by atoms with van der Waals surface area (Å²) in [5.41, 5.74) is 2.27. The second-order valence-corrected chi connectivity index (χ2v) is 18.2. The van der Waals surface area contributed by atoms with Crippen LogP contribution in [0.2, 0.25) is 25.7 Å². The van der Waals surface area contributed by atoms with Gasteiger partial charge in [-0.05, 0) is 53.3 Å². The number of nitrogens with zero attached hydrogens (tertiary/aromatic N) is 3. The molecular formula is C26H37FN4O3SSi. The molecule has 0 saturated carbocycles. The maximum Gasteiger partial charge on any atom is 0.273 e. The molecule has 0 saturated heterocycles. The molecule has 1 heterocycles. The molecule has 0 aliphatic rings. The van der Waals surface area contributed by atoms with E-state index in [9.17, 15) is 12.8 Å². The third kappa shape index (κ3) is 6.80. The zero-order chi connectivity index (χ0) is 26.7. The fourth-order valence-corrected chi connectivity index (χ4v) is 5.56. The maximum atomic E-state index is 14.4. The van der Waals surface area contributed by atoms with Crippen LogP contribution in [-0.4, -0.2) is 37.9 Å². The number of nitrogens with one attached hydrogen (secondary N) is 1. The Morgan fingerprint density at radius 2 is 1.61 bits per heavy atom. The fourth-order valence-electron chi connectivity index (χ4n) is 3.67. The van der Waals surface area contributed by atoms with Gasteiger partial charge in [0.1, 0.15) is 12.5 Å². The van der Waals surface area contributed by atoms with Gasteiger partial charge < -0.3 is 10.1 Å². The van der Waals surface area contributed by atoms with Gasteiger partial charge in [-0.25, -0.2) is 17.5 Å². The largest absolute Gasteiger partial charge is 0.359 e. The maximum absolute atomic E-state index is 14.4. The van der Waals surface area contributed by atoms with E-state index in [4.69, 9.17) is 4.74 Å². The lowest BCUT2D eigenvalue weighted by Crippen LogP contribution is -2.22. The van der Waals surface area contributed by atoms with E-state index in [1.54, 1.807) is 18.2 Å². The number of halogens is 1. The van der Waals surface area contributed by atoms with Crippen molar-refractivity contribution in [3.05, 3.63) is 59.4 Å². The number of anilines is 2. The van der Waals surface area contributed by atoms with Crippen LogP contribution in [0.5, 0.6) is 0 Å². The normalized spacial score (nSPS) is 12.5. The van der Waals surface area contributed by atoms with Crippen LogP contribution >= 0.6 is 0 Å². The molecule has 196 valence electrons. The molecule has 0 bridgehead atoms. The first-order chi connectivity index (χ1) is 16.8. The Labute approximate surface area is 215 Å². The van der Waals surface area contributed by atoms with Crippen LogP contribution in [0.4, 0.5) is 16.0 Å². The third-order valence-corrected chi connectivity index (χ3v) is 9.05. The lowest BCUT2D eigenvalue weighted by Gasteiger charge is -2.21. The highest BCUT2D eigenvalue weighted by Crippen LogP contribution is 2.35. The predicted molar refractivity (Wildman–Crippen MR) is 144 cm³/mol. The fraction of sp³-hybridized carbons (Fsp3) is 0.462. The summed E-state index contributed by atoms with van der Waals surface area (Å²) in [6.45, 7) is 15.3. The average molecular weight is 533 g/mol. The highest BCUT2D eigenvalue weighted by molar-refractivity contribution is 7.91. The minimum Gasteiger partial charge on any atom is -0.359 e. The van der Waals surface area contributed by atoms with Crippen LogP contribution < -0.4 is 5.32 Å². The lowest BCUT2D eigenvalue weighted by molar-refractivity contribution is 0.0792. The molecule has 0 fully saturated rings. The van der Waals surface area contributed by atoms with Crippen molar-refractivity contribution in [2.75, 3.05) is 11.9 Å². The van der Waals surface area contributed by atoms with Crippen LogP contribution in [0.15, 0.2) is 52.5 Å². The Bertz CT molecular complexity index is 1260. The molecule has 10 heteroatoms. The number of benzene rings is 2. The van der Waals surface area contributed by atoms with Crippen molar-refractivity contribution in [1.82, 2.24) is 14.8 Å². The summed E-state index contributed by atoms with van der Waals surface area (Å²) < 4.78 is 48.3. The number of sulfone groups is 1.